The van der Waals surface area contributed by atoms with Crippen LogP contribution in [0.1, 0.15) is 29.8 Å². The second-order valence-electron chi connectivity index (χ2n) is 9.24. The van der Waals surface area contributed by atoms with Crippen LogP contribution in [0.2, 0.25) is 0 Å². The molecule has 2 heterocycles. The fraction of sp³-hybridized carbons (Fsp3) is 0.129. The topological polar surface area (TPSA) is 36.2 Å². The number of benzene rings is 4. The number of nitrogens with zero attached hydrogens (tertiary/aromatic N) is 2. The molecule has 7 heteroatoms. The van der Waals surface area contributed by atoms with Crippen LogP contribution in [-0.4, -0.2) is 22.4 Å². The maximum Gasteiger partial charge on any atom is 0.796 e. The van der Waals surface area contributed by atoms with Gasteiger partial charge >= 0.3 is 7.47 Å². The van der Waals surface area contributed by atoms with Crippen LogP contribution in [0.25, 0.3) is 49.4 Å². The van der Waals surface area contributed by atoms with Gasteiger partial charge in [-0.15, -0.1) is 0 Å². The molecule has 0 aliphatic heterocycles. The Morgan fingerprint density at radius 2 is 1.18 bits per heavy atom. The SMILES string of the molecule is CCn1c2ccccc2c2cc(C(=O)/C=C(\OB(F)F)c3ccc4c(c3)c3ccccc3n4CC)ccc21. The fourth-order valence-electron chi connectivity index (χ4n) is 5.58. The number of hydrogen-bond acceptors (Lipinski definition) is 2. The van der Waals surface area contributed by atoms with E-state index < -0.39 is 13.3 Å². The molecule has 4 aromatic carbocycles. The third-order valence-electron chi connectivity index (χ3n) is 7.22. The number of allylic oxidation sites excluding steroid dienone is 1. The average molecular weight is 506 g/mol. The van der Waals surface area contributed by atoms with Crippen LogP contribution in [0.4, 0.5) is 8.63 Å². The lowest BCUT2D eigenvalue weighted by atomic mass is 10.0. The van der Waals surface area contributed by atoms with Gasteiger partial charge in [-0.2, -0.15) is 0 Å². The van der Waals surface area contributed by atoms with Crippen LogP contribution in [0, 0.1) is 0 Å². The molecule has 0 N–H and O–H groups in total. The summed E-state index contributed by atoms with van der Waals surface area (Å²) in [7, 11) is -3.06. The molecule has 0 atom stereocenters. The molecule has 0 radical (unpaired) electrons. The highest BCUT2D eigenvalue weighted by atomic mass is 19.2. The summed E-state index contributed by atoms with van der Waals surface area (Å²) in [6.07, 6.45) is 1.17. The first kappa shape index (κ1) is 24.0. The zero-order valence-electron chi connectivity index (χ0n) is 21.1. The molecule has 188 valence electrons. The van der Waals surface area contributed by atoms with Gasteiger partial charge in [0.1, 0.15) is 5.76 Å². The highest BCUT2D eigenvalue weighted by molar-refractivity contribution is 6.36. The summed E-state index contributed by atoms with van der Waals surface area (Å²) in [6.45, 7) is 5.71. The van der Waals surface area contributed by atoms with Crippen LogP contribution in [0.3, 0.4) is 0 Å². The molecule has 0 aliphatic carbocycles. The van der Waals surface area contributed by atoms with E-state index in [0.29, 0.717) is 11.1 Å². The van der Waals surface area contributed by atoms with E-state index in [0.717, 1.165) is 56.7 Å². The molecule has 0 bridgehead atoms. The van der Waals surface area contributed by atoms with Crippen molar-refractivity contribution in [2.45, 2.75) is 26.9 Å². The van der Waals surface area contributed by atoms with Gasteiger partial charge in [0, 0.05) is 73.9 Å². The highest BCUT2D eigenvalue weighted by Crippen LogP contribution is 2.33. The summed E-state index contributed by atoms with van der Waals surface area (Å²) >= 11 is 0. The zero-order valence-corrected chi connectivity index (χ0v) is 21.1. The standard InChI is InChI=1S/C31H25BF2N2O2/c1-3-35-26-11-7-5-9-22(26)24-17-20(13-15-28(24)35)30(37)19-31(38-32(33)34)21-14-16-29-25(18-21)23-10-6-8-12-27(23)36(29)4-2/h5-19H,3-4H2,1-2H3/b31-19-. The van der Waals surface area contributed by atoms with Gasteiger partial charge in [-0.1, -0.05) is 36.4 Å². The number of carbonyl (C=O) groups excluding carboxylic acids is 1. The third-order valence-corrected chi connectivity index (χ3v) is 7.22. The smallest absolute Gasteiger partial charge is 0.505 e. The largest absolute Gasteiger partial charge is 0.796 e. The van der Waals surface area contributed by atoms with Crippen molar-refractivity contribution >= 4 is 62.6 Å². The van der Waals surface area contributed by atoms with Gasteiger partial charge in [0.25, 0.3) is 0 Å². The van der Waals surface area contributed by atoms with Crippen molar-refractivity contribution in [1.29, 1.82) is 0 Å². The molecule has 6 rings (SSSR count). The minimum atomic E-state index is -3.06. The Morgan fingerprint density at radius 3 is 1.71 bits per heavy atom. The molecule has 2 aromatic heterocycles. The lowest BCUT2D eigenvalue weighted by Crippen LogP contribution is -2.07. The number of hydrogen-bond donors (Lipinski definition) is 0. The highest BCUT2D eigenvalue weighted by Gasteiger charge is 2.22. The molecule has 0 amide bonds. The molecule has 0 fully saturated rings. The molecule has 0 aliphatic rings. The summed E-state index contributed by atoms with van der Waals surface area (Å²) in [6, 6.07) is 27.0. The lowest BCUT2D eigenvalue weighted by Gasteiger charge is -2.10. The maximum atomic E-state index is 13.5. The minimum Gasteiger partial charge on any atom is -0.505 e. The monoisotopic (exact) mass is 506 g/mol. The van der Waals surface area contributed by atoms with E-state index >= 15 is 0 Å². The van der Waals surface area contributed by atoms with E-state index in [1.807, 2.05) is 66.7 Å². The average Bonchev–Trinajstić information content (AvgIpc) is 3.43. The summed E-state index contributed by atoms with van der Waals surface area (Å²) in [5, 5.41) is 3.94. The van der Waals surface area contributed by atoms with E-state index in [-0.39, 0.29) is 5.76 Å². The van der Waals surface area contributed by atoms with Gasteiger partial charge < -0.3 is 13.8 Å². The van der Waals surface area contributed by atoms with E-state index in [2.05, 4.69) is 29.0 Å². The molecule has 0 spiro atoms. The lowest BCUT2D eigenvalue weighted by molar-refractivity contribution is 0.104. The number of para-hydroxylation sites is 2. The second-order valence-corrected chi connectivity index (χ2v) is 9.24. The van der Waals surface area contributed by atoms with Crippen molar-refractivity contribution < 1.29 is 18.1 Å². The Hall–Kier alpha value is -4.39. The summed E-state index contributed by atoms with van der Waals surface area (Å²) in [4.78, 5) is 13.4. The van der Waals surface area contributed by atoms with Crippen LogP contribution in [0.5, 0.6) is 0 Å². The molecular weight excluding hydrogens is 481 g/mol. The predicted octanol–water partition coefficient (Wildman–Crippen LogP) is 8.11. The van der Waals surface area contributed by atoms with Crippen LogP contribution >= 0.6 is 0 Å². The number of halogens is 2. The fourth-order valence-corrected chi connectivity index (χ4v) is 5.58. The summed E-state index contributed by atoms with van der Waals surface area (Å²) in [5.41, 5.74) is 5.02. The van der Waals surface area contributed by atoms with Crippen LogP contribution in [0.15, 0.2) is 91.0 Å². The number of rotatable bonds is 7. The van der Waals surface area contributed by atoms with Crippen molar-refractivity contribution in [3.05, 3.63) is 102 Å². The Labute approximate surface area is 218 Å². The van der Waals surface area contributed by atoms with E-state index in [4.69, 9.17) is 4.65 Å². The molecule has 6 aromatic rings. The number of aryl methyl sites for hydroxylation is 2. The first-order valence-corrected chi connectivity index (χ1v) is 12.7. The van der Waals surface area contributed by atoms with Gasteiger partial charge in [0.05, 0.1) is 0 Å². The van der Waals surface area contributed by atoms with Crippen molar-refractivity contribution in [3.63, 3.8) is 0 Å². The first-order valence-electron chi connectivity index (χ1n) is 12.7. The summed E-state index contributed by atoms with van der Waals surface area (Å²) in [5.74, 6) is -0.553. The number of aromatic nitrogens is 2. The normalized spacial score (nSPS) is 12.2. The van der Waals surface area contributed by atoms with Crippen LogP contribution in [-0.2, 0) is 17.7 Å². The number of ketones is 1. The van der Waals surface area contributed by atoms with E-state index in [9.17, 15) is 13.4 Å². The maximum absolute atomic E-state index is 13.5. The second kappa shape index (κ2) is 9.49. The Kier molecular flexibility index (Phi) is 5.99. The molecule has 0 saturated carbocycles. The zero-order chi connectivity index (χ0) is 26.4. The van der Waals surface area contributed by atoms with Crippen molar-refractivity contribution in [3.8, 4) is 0 Å². The molecule has 4 nitrogen and oxygen atoms in total. The minimum absolute atomic E-state index is 0.156. The Morgan fingerprint density at radius 1 is 0.711 bits per heavy atom. The van der Waals surface area contributed by atoms with Gasteiger partial charge in [-0.25, -0.2) is 8.63 Å². The Balaban J connectivity index is 1.47. The van der Waals surface area contributed by atoms with Crippen LogP contribution < -0.4 is 0 Å². The third kappa shape index (κ3) is 3.86. The predicted molar refractivity (Wildman–Crippen MR) is 152 cm³/mol. The van der Waals surface area contributed by atoms with Crippen molar-refractivity contribution in [2.24, 2.45) is 0 Å². The van der Waals surface area contributed by atoms with E-state index in [1.165, 1.54) is 6.08 Å². The quantitative estimate of drug-likeness (QED) is 0.0949. The van der Waals surface area contributed by atoms with Gasteiger partial charge in [0.15, 0.2) is 5.78 Å². The number of carbonyl (C=O) groups is 1. The van der Waals surface area contributed by atoms with Gasteiger partial charge in [-0.3, -0.25) is 4.79 Å². The van der Waals surface area contributed by atoms with Gasteiger partial charge in [0.2, 0.25) is 0 Å². The number of fused-ring (bicyclic) bond motifs is 6. The molecule has 38 heavy (non-hydrogen) atoms. The van der Waals surface area contributed by atoms with Crippen molar-refractivity contribution in [2.75, 3.05) is 0 Å². The molecular formula is C31H25BF2N2O2. The van der Waals surface area contributed by atoms with Crippen molar-refractivity contribution in [1.82, 2.24) is 9.13 Å². The summed E-state index contributed by atoms with van der Waals surface area (Å²) < 4.78 is 36.3. The Bertz CT molecular complexity index is 1880. The van der Waals surface area contributed by atoms with E-state index in [1.54, 1.807) is 12.1 Å². The van der Waals surface area contributed by atoms with Gasteiger partial charge in [-0.05, 0) is 62.4 Å². The molecule has 0 saturated heterocycles. The molecule has 0 unspecified atom stereocenters. The first-order chi connectivity index (χ1) is 18.5.